The van der Waals surface area contributed by atoms with Gasteiger partial charge >= 0.3 is 0 Å². The van der Waals surface area contributed by atoms with Crippen molar-refractivity contribution in [3.05, 3.63) is 84.6 Å². The molecule has 6 rings (SSSR count). The highest BCUT2D eigenvalue weighted by atomic mass is 33.1. The Labute approximate surface area is 439 Å². The van der Waals surface area contributed by atoms with E-state index in [-0.39, 0.29) is 60.8 Å². The number of carbonyl (C=O) groups excluding carboxylic acids is 7. The van der Waals surface area contributed by atoms with Crippen molar-refractivity contribution in [3.63, 3.8) is 0 Å². The number of aromatic nitrogens is 5. The van der Waals surface area contributed by atoms with Crippen LogP contribution in [0.4, 0.5) is 5.82 Å². The Morgan fingerprint density at radius 1 is 0.827 bits per heavy atom. The molecule has 1 aliphatic heterocycles. The van der Waals surface area contributed by atoms with E-state index in [0.717, 1.165) is 38.1 Å². The lowest BCUT2D eigenvalue weighted by Gasteiger charge is -2.29. The second kappa shape index (κ2) is 27.6. The molecule has 0 aliphatic carbocycles. The number of hydrogen-bond acceptors (Lipinski definition) is 18. The number of aliphatic hydroxyl groups is 3. The number of nitrogen functional groups attached to an aromatic ring is 1. The molecular formula is C48H65N15O10S2. The Balaban J connectivity index is 1.42. The number of amides is 7. The molecule has 25 nitrogen and oxygen atoms in total. The Kier molecular flexibility index (Phi) is 21.1. The zero-order valence-electron chi connectivity index (χ0n) is 41.3. The summed E-state index contributed by atoms with van der Waals surface area (Å²) in [6, 6.07) is 5.01. The summed E-state index contributed by atoms with van der Waals surface area (Å²) in [5.74, 6) is -6.46. The number of benzene rings is 2. The number of nitrogens with one attached hydrogen (secondary N) is 8. The highest BCUT2D eigenvalue weighted by Crippen LogP contribution is 2.25. The van der Waals surface area contributed by atoms with Crippen molar-refractivity contribution in [1.29, 1.82) is 0 Å². The summed E-state index contributed by atoms with van der Waals surface area (Å²) in [6.07, 6.45) is 2.16. The van der Waals surface area contributed by atoms with E-state index < -0.39 is 108 Å². The summed E-state index contributed by atoms with van der Waals surface area (Å²) < 4.78 is 1.45. The van der Waals surface area contributed by atoms with Crippen LogP contribution in [-0.4, -0.2) is 166 Å². The minimum Gasteiger partial charge on any atom is -0.394 e. The van der Waals surface area contributed by atoms with Crippen LogP contribution in [-0.2, 0) is 52.9 Å². The maximum Gasteiger partial charge on any atom is 0.245 e. The second-order valence-electron chi connectivity index (χ2n) is 18.1. The molecule has 1 fully saturated rings. The first-order valence-corrected chi connectivity index (χ1v) is 26.8. The number of fused-ring (bicyclic) bond motifs is 2. The van der Waals surface area contributed by atoms with E-state index in [4.69, 9.17) is 17.2 Å². The lowest BCUT2D eigenvalue weighted by Crippen LogP contribution is -2.62. The van der Waals surface area contributed by atoms with Crippen molar-refractivity contribution >= 4 is 90.8 Å². The predicted octanol–water partition coefficient (Wildman–Crippen LogP) is -2.63. The third-order valence-electron chi connectivity index (χ3n) is 12.4. The molecule has 0 spiro atoms. The van der Waals surface area contributed by atoms with Crippen LogP contribution in [0, 0.1) is 0 Å². The first-order valence-electron chi connectivity index (χ1n) is 24.3. The molecule has 2 aromatic carbocycles. The molecule has 0 bridgehead atoms. The smallest absolute Gasteiger partial charge is 0.245 e. The number of aliphatic hydroxyl groups excluding tert-OH is 3. The number of nitrogens with zero attached hydrogens (tertiary/aromatic N) is 4. The number of imidazole rings is 1. The molecule has 7 amide bonds. The lowest BCUT2D eigenvalue weighted by atomic mass is 10.0. The molecule has 0 saturated carbocycles. The van der Waals surface area contributed by atoms with E-state index in [1.54, 1.807) is 42.6 Å². The summed E-state index contributed by atoms with van der Waals surface area (Å²) >= 11 is 0. The van der Waals surface area contributed by atoms with Crippen molar-refractivity contribution in [2.24, 2.45) is 11.5 Å². The molecular weight excluding hydrogens is 1010 g/mol. The number of rotatable bonds is 17. The van der Waals surface area contributed by atoms with Crippen LogP contribution in [0.1, 0.15) is 44.2 Å². The molecule has 27 heteroatoms. The van der Waals surface area contributed by atoms with Crippen LogP contribution in [0.2, 0.25) is 0 Å². The molecule has 17 N–H and O–H groups in total. The Bertz CT molecular complexity index is 2760. The van der Waals surface area contributed by atoms with Crippen molar-refractivity contribution in [3.8, 4) is 0 Å². The molecule has 1 saturated heterocycles. The topological polar surface area (TPSA) is 402 Å². The highest BCUT2D eigenvalue weighted by Gasteiger charge is 2.37. The Morgan fingerprint density at radius 2 is 1.51 bits per heavy atom. The van der Waals surface area contributed by atoms with Gasteiger partial charge in [-0.05, 0) is 63.3 Å². The number of carbonyl (C=O) groups is 7. The van der Waals surface area contributed by atoms with Gasteiger partial charge in [0.05, 0.1) is 43.8 Å². The summed E-state index contributed by atoms with van der Waals surface area (Å²) in [5, 5.41) is 50.4. The molecule has 0 radical (unpaired) electrons. The first-order chi connectivity index (χ1) is 36.0. The van der Waals surface area contributed by atoms with Crippen LogP contribution in [0.25, 0.3) is 22.1 Å². The van der Waals surface area contributed by atoms with E-state index in [9.17, 15) is 48.9 Å². The predicted molar refractivity (Wildman–Crippen MR) is 282 cm³/mol. The molecule has 2 unspecified atom stereocenters. The van der Waals surface area contributed by atoms with Crippen LogP contribution in [0.5, 0.6) is 0 Å². The summed E-state index contributed by atoms with van der Waals surface area (Å²) in [7, 11) is 1.98. The number of aromatic amines is 1. The standard InChI is InChI=1S/C48H65N15O10S2/c1-25(65)35(20-64)59-47(72)37-22-75-74-21-36(60-42(67)30(50)16-27-10-4-3-5-11-27)46(71)58-34(19-63-24-55-39-40(51)53-23-54-41(39)63)45(70)57-33(17-28-18-52-31-13-7-6-12-29(28)31)44(69)56-32(14-8-9-15-49)43(68)62-38(26(2)66)48(73)61-37/h3-7,10-13,18,23-26,30,32-38,52,64-66H,8-9,14-17,19-22,49-50H2,1-2H3,(H,56,69)(H,57,70)(H,58,71)(H,59,72)(H,60,67)(H,61,73)(H,62,68)(H2,51,53,54)/t25?,26?,30-,32+,33-,34+,35-,36+,37+,38+/m1/s1. The van der Waals surface area contributed by atoms with Gasteiger partial charge in [0.15, 0.2) is 11.5 Å². The number of unbranched alkanes of at least 4 members (excludes halogenated alkanes) is 1. The van der Waals surface area contributed by atoms with Gasteiger partial charge in [0.25, 0.3) is 0 Å². The summed E-state index contributed by atoms with van der Waals surface area (Å²) in [4.78, 5) is 116. The Morgan fingerprint density at radius 3 is 2.23 bits per heavy atom. The molecule has 10 atom stereocenters. The maximum atomic E-state index is 14.9. The van der Waals surface area contributed by atoms with Crippen molar-refractivity contribution < 1.29 is 48.9 Å². The quantitative estimate of drug-likeness (QED) is 0.0335. The van der Waals surface area contributed by atoms with E-state index in [2.05, 4.69) is 57.2 Å². The van der Waals surface area contributed by atoms with Gasteiger partial charge in [-0.15, -0.1) is 0 Å². The fourth-order valence-corrected chi connectivity index (χ4v) is 10.4. The third-order valence-corrected chi connectivity index (χ3v) is 14.8. The zero-order valence-corrected chi connectivity index (χ0v) is 42.9. The van der Waals surface area contributed by atoms with E-state index in [1.165, 1.54) is 31.1 Å². The number of H-pyrrole nitrogens is 1. The number of para-hydroxylation sites is 1. The highest BCUT2D eigenvalue weighted by molar-refractivity contribution is 8.76. The molecule has 1 aliphatic rings. The summed E-state index contributed by atoms with van der Waals surface area (Å²) in [5.41, 5.74) is 20.8. The fraction of sp³-hybridized carbons (Fsp3) is 0.458. The minimum atomic E-state index is -1.69. The van der Waals surface area contributed by atoms with Crippen molar-refractivity contribution in [1.82, 2.24) is 61.7 Å². The third kappa shape index (κ3) is 15.8. The molecule has 75 heavy (non-hydrogen) atoms. The van der Waals surface area contributed by atoms with Crippen LogP contribution in [0.15, 0.2) is 73.4 Å². The average Bonchev–Trinajstić information content (AvgIpc) is 4.00. The lowest BCUT2D eigenvalue weighted by molar-refractivity contribution is -0.136. The van der Waals surface area contributed by atoms with Crippen LogP contribution >= 0.6 is 21.6 Å². The number of hydrogen-bond donors (Lipinski definition) is 14. The van der Waals surface area contributed by atoms with Gasteiger partial charge in [0, 0.05) is 35.0 Å². The van der Waals surface area contributed by atoms with Gasteiger partial charge in [-0.3, -0.25) is 33.6 Å². The van der Waals surface area contributed by atoms with Crippen LogP contribution in [0.3, 0.4) is 0 Å². The van der Waals surface area contributed by atoms with Gasteiger partial charge in [-0.25, -0.2) is 15.0 Å². The SMILES string of the molecule is CC(O)[C@@H]1NC(=O)[C@H](CCCCN)NC(=O)[C@@H](Cc2c[nH]c3ccccc23)NC(=O)[C@H](Cn2cnc3c(N)ncnc32)NC(=O)[C@@H](NC(=O)[C@H](N)Cc2ccccc2)CSSC[C@@H](C(=O)N[C@H](CO)C(C)O)NC1=O. The molecule has 4 heterocycles. The number of nitrogens with two attached hydrogens (primary N) is 3. The first kappa shape index (κ1) is 57.4. The maximum absolute atomic E-state index is 14.9. The largest absolute Gasteiger partial charge is 0.394 e. The Hall–Kier alpha value is -6.88. The van der Waals surface area contributed by atoms with Gasteiger partial charge in [0.2, 0.25) is 41.4 Å². The monoisotopic (exact) mass is 1080 g/mol. The second-order valence-corrected chi connectivity index (χ2v) is 20.7. The van der Waals surface area contributed by atoms with Gasteiger partial charge in [0.1, 0.15) is 48.1 Å². The van der Waals surface area contributed by atoms with Crippen molar-refractivity contribution in [2.45, 2.75) is 113 Å². The normalized spacial score (nSPS) is 22.4. The van der Waals surface area contributed by atoms with Crippen molar-refractivity contribution in [2.75, 3.05) is 30.4 Å². The summed E-state index contributed by atoms with van der Waals surface area (Å²) in [6.45, 7) is 1.81. The molecule has 5 aromatic rings. The number of anilines is 1. The fourth-order valence-electron chi connectivity index (χ4n) is 8.09. The van der Waals surface area contributed by atoms with E-state index in [0.29, 0.717) is 18.4 Å². The van der Waals surface area contributed by atoms with Gasteiger partial charge in [-0.2, -0.15) is 0 Å². The zero-order chi connectivity index (χ0) is 54.2. The molecule has 404 valence electrons. The van der Waals surface area contributed by atoms with Gasteiger partial charge in [-0.1, -0.05) is 70.1 Å². The average molecular weight is 1080 g/mol. The molecule has 3 aromatic heterocycles. The van der Waals surface area contributed by atoms with Gasteiger partial charge < -0.3 is 79.3 Å². The minimum absolute atomic E-state index is 0.00303. The van der Waals surface area contributed by atoms with E-state index >= 15 is 0 Å². The van der Waals surface area contributed by atoms with Crippen LogP contribution < -0.4 is 54.4 Å². The van der Waals surface area contributed by atoms with E-state index in [1.807, 2.05) is 18.2 Å².